The summed E-state index contributed by atoms with van der Waals surface area (Å²) >= 11 is 0. The number of likely N-dealkylation sites (N-methyl/N-ethyl adjacent to an activating group) is 1. The van der Waals surface area contributed by atoms with Crippen LogP contribution in [0.25, 0.3) is 16.6 Å². The lowest BCUT2D eigenvalue weighted by atomic mass is 10.2. The molecule has 0 aliphatic carbocycles. The van der Waals surface area contributed by atoms with Crippen LogP contribution in [0.3, 0.4) is 0 Å². The molecule has 0 atom stereocenters. The largest absolute Gasteiger partial charge is 0.349 e. The van der Waals surface area contributed by atoms with Gasteiger partial charge in [0.1, 0.15) is 0 Å². The normalized spacial score (nSPS) is 10.1. The average Bonchev–Trinajstić information content (AvgIpc) is 2.99. The molecule has 3 rings (SSSR count). The van der Waals surface area contributed by atoms with Crippen LogP contribution in [0.1, 0.15) is 23.1 Å². The van der Waals surface area contributed by atoms with Crippen LogP contribution in [-0.4, -0.2) is 45.5 Å². The van der Waals surface area contributed by atoms with Gasteiger partial charge in [-0.05, 0) is 37.7 Å². The van der Waals surface area contributed by atoms with E-state index in [4.69, 9.17) is 0 Å². The van der Waals surface area contributed by atoms with E-state index in [9.17, 15) is 4.79 Å². The maximum atomic E-state index is 12.2. The van der Waals surface area contributed by atoms with Gasteiger partial charge in [-0.1, -0.05) is 18.2 Å². The van der Waals surface area contributed by atoms with Crippen molar-refractivity contribution in [2.24, 2.45) is 0 Å². The second kappa shape index (κ2) is 10.1. The minimum atomic E-state index is -0.209. The van der Waals surface area contributed by atoms with Crippen molar-refractivity contribution in [3.8, 4) is 5.69 Å². The summed E-state index contributed by atoms with van der Waals surface area (Å²) in [6, 6.07) is 9.72. The monoisotopic (exact) mass is 396 g/mol. The van der Waals surface area contributed by atoms with E-state index in [1.54, 1.807) is 10.9 Å². The highest BCUT2D eigenvalue weighted by atomic mass is 35.5. The molecule has 0 saturated carbocycles. The second-order valence-electron chi connectivity index (χ2n) is 5.43. The maximum Gasteiger partial charge on any atom is 0.273 e. The van der Waals surface area contributed by atoms with E-state index in [-0.39, 0.29) is 30.7 Å². The Hall–Kier alpha value is -2.22. The van der Waals surface area contributed by atoms with E-state index >= 15 is 0 Å². The molecule has 1 amide bonds. The Morgan fingerprint density at radius 2 is 2.00 bits per heavy atom. The molecule has 0 radical (unpaired) electrons. The molecule has 2 N–H and O–H groups in total. The highest BCUT2D eigenvalue weighted by Crippen LogP contribution is 2.18. The third-order valence-corrected chi connectivity index (χ3v) is 3.78. The summed E-state index contributed by atoms with van der Waals surface area (Å²) < 4.78 is 1.67. The van der Waals surface area contributed by atoms with E-state index in [1.165, 1.54) is 0 Å². The quantitative estimate of drug-likeness (QED) is 0.624. The van der Waals surface area contributed by atoms with Crippen molar-refractivity contribution in [3.63, 3.8) is 0 Å². The number of pyridine rings is 1. The van der Waals surface area contributed by atoms with Gasteiger partial charge in [0.2, 0.25) is 0 Å². The number of hydrogen-bond donors (Lipinski definition) is 2. The molecule has 0 bridgehead atoms. The SMILES string of the molecule is CCNCCNC(=O)c1nnn(-c2ccc3ncccc3c2)c1C.Cl.Cl. The van der Waals surface area contributed by atoms with Crippen molar-refractivity contribution in [2.75, 3.05) is 19.6 Å². The number of amides is 1. The Bertz CT molecular complexity index is 867. The Balaban J connectivity index is 0.00000169. The Morgan fingerprint density at radius 1 is 1.19 bits per heavy atom. The standard InChI is InChI=1S/C17H20N6O.2ClH/c1-3-18-9-10-20-17(24)16-12(2)23(22-21-16)14-6-7-15-13(11-14)5-4-8-19-15;;/h4-8,11,18H,3,9-10H2,1-2H3,(H,20,24);2*1H. The molecular formula is C17H22Cl2N6O. The van der Waals surface area contributed by atoms with E-state index in [0.717, 1.165) is 29.7 Å². The number of nitrogens with zero attached hydrogens (tertiary/aromatic N) is 4. The van der Waals surface area contributed by atoms with E-state index in [0.29, 0.717) is 17.9 Å². The Kier molecular flexibility index (Phi) is 8.44. The second-order valence-corrected chi connectivity index (χ2v) is 5.43. The van der Waals surface area contributed by atoms with Crippen molar-refractivity contribution in [1.82, 2.24) is 30.6 Å². The summed E-state index contributed by atoms with van der Waals surface area (Å²) in [6.45, 7) is 6.03. The molecule has 0 fully saturated rings. The third-order valence-electron chi connectivity index (χ3n) is 3.78. The van der Waals surface area contributed by atoms with Crippen LogP contribution in [0, 0.1) is 6.92 Å². The molecular weight excluding hydrogens is 375 g/mol. The summed E-state index contributed by atoms with van der Waals surface area (Å²) in [5.74, 6) is -0.209. The minimum Gasteiger partial charge on any atom is -0.349 e. The first-order chi connectivity index (χ1) is 11.7. The molecule has 0 spiro atoms. The van der Waals surface area contributed by atoms with Gasteiger partial charge in [-0.2, -0.15) is 0 Å². The molecule has 1 aromatic carbocycles. The molecule has 2 aromatic heterocycles. The first kappa shape index (κ1) is 21.8. The zero-order valence-electron chi connectivity index (χ0n) is 14.6. The molecule has 9 heteroatoms. The molecule has 0 unspecified atom stereocenters. The number of hydrogen-bond acceptors (Lipinski definition) is 5. The number of rotatable bonds is 6. The molecule has 0 aliphatic heterocycles. The van der Waals surface area contributed by atoms with Gasteiger partial charge in [-0.15, -0.1) is 29.9 Å². The highest BCUT2D eigenvalue weighted by Gasteiger charge is 2.17. The molecule has 2 heterocycles. The first-order valence-corrected chi connectivity index (χ1v) is 7.97. The summed E-state index contributed by atoms with van der Waals surface area (Å²) in [6.07, 6.45) is 1.76. The van der Waals surface area contributed by atoms with E-state index in [1.807, 2.05) is 44.2 Å². The van der Waals surface area contributed by atoms with Crippen molar-refractivity contribution < 1.29 is 4.79 Å². The predicted molar refractivity (Wildman–Crippen MR) is 107 cm³/mol. The maximum absolute atomic E-state index is 12.2. The number of carbonyl (C=O) groups excluding carboxylic acids is 1. The molecule has 26 heavy (non-hydrogen) atoms. The van der Waals surface area contributed by atoms with Crippen LogP contribution in [0.15, 0.2) is 36.5 Å². The van der Waals surface area contributed by atoms with Gasteiger partial charge < -0.3 is 10.6 Å². The van der Waals surface area contributed by atoms with E-state index < -0.39 is 0 Å². The zero-order valence-corrected chi connectivity index (χ0v) is 16.2. The van der Waals surface area contributed by atoms with Crippen molar-refractivity contribution in [3.05, 3.63) is 47.9 Å². The van der Waals surface area contributed by atoms with Gasteiger partial charge in [0.25, 0.3) is 5.91 Å². The lowest BCUT2D eigenvalue weighted by Crippen LogP contribution is -2.32. The van der Waals surface area contributed by atoms with Gasteiger partial charge in [-0.25, -0.2) is 4.68 Å². The lowest BCUT2D eigenvalue weighted by molar-refractivity contribution is 0.0948. The number of aromatic nitrogens is 4. The molecule has 3 aromatic rings. The summed E-state index contributed by atoms with van der Waals surface area (Å²) in [5, 5.41) is 15.2. The summed E-state index contributed by atoms with van der Waals surface area (Å²) in [7, 11) is 0. The summed E-state index contributed by atoms with van der Waals surface area (Å²) in [5.41, 5.74) is 2.82. The first-order valence-electron chi connectivity index (χ1n) is 7.97. The smallest absolute Gasteiger partial charge is 0.273 e. The molecule has 140 valence electrons. The fourth-order valence-corrected chi connectivity index (χ4v) is 2.50. The van der Waals surface area contributed by atoms with Crippen LogP contribution < -0.4 is 10.6 Å². The fraction of sp³-hybridized carbons (Fsp3) is 0.294. The number of nitrogens with one attached hydrogen (secondary N) is 2. The average molecular weight is 397 g/mol. The van der Waals surface area contributed by atoms with Crippen LogP contribution in [0.5, 0.6) is 0 Å². The fourth-order valence-electron chi connectivity index (χ4n) is 2.50. The van der Waals surface area contributed by atoms with Gasteiger partial charge in [0.15, 0.2) is 5.69 Å². The van der Waals surface area contributed by atoms with Gasteiger partial charge >= 0.3 is 0 Å². The third kappa shape index (κ3) is 4.69. The Morgan fingerprint density at radius 3 is 2.77 bits per heavy atom. The number of halogens is 2. The molecule has 0 aliphatic rings. The zero-order chi connectivity index (χ0) is 16.9. The lowest BCUT2D eigenvalue weighted by Gasteiger charge is -2.06. The van der Waals surface area contributed by atoms with Crippen molar-refractivity contribution in [2.45, 2.75) is 13.8 Å². The van der Waals surface area contributed by atoms with Crippen LogP contribution in [0.2, 0.25) is 0 Å². The number of benzene rings is 1. The van der Waals surface area contributed by atoms with Gasteiger partial charge in [0, 0.05) is 24.7 Å². The van der Waals surface area contributed by atoms with Crippen molar-refractivity contribution >= 4 is 41.6 Å². The topological polar surface area (TPSA) is 84.7 Å². The molecule has 0 saturated heterocycles. The van der Waals surface area contributed by atoms with E-state index in [2.05, 4.69) is 25.9 Å². The number of carbonyl (C=O) groups is 1. The van der Waals surface area contributed by atoms with Crippen molar-refractivity contribution in [1.29, 1.82) is 0 Å². The van der Waals surface area contributed by atoms with Gasteiger partial charge in [-0.3, -0.25) is 9.78 Å². The predicted octanol–water partition coefficient (Wildman–Crippen LogP) is 2.31. The number of fused-ring (bicyclic) bond motifs is 1. The van der Waals surface area contributed by atoms with Crippen LogP contribution in [-0.2, 0) is 0 Å². The summed E-state index contributed by atoms with van der Waals surface area (Å²) in [4.78, 5) is 16.5. The minimum absolute atomic E-state index is 0. The van der Waals surface area contributed by atoms with Gasteiger partial charge in [0.05, 0.1) is 16.9 Å². The highest BCUT2D eigenvalue weighted by molar-refractivity contribution is 5.93. The van der Waals surface area contributed by atoms with Crippen LogP contribution >= 0.6 is 24.8 Å². The van der Waals surface area contributed by atoms with Crippen LogP contribution in [0.4, 0.5) is 0 Å². The Labute approximate surface area is 164 Å². The molecule has 7 nitrogen and oxygen atoms in total.